The Labute approximate surface area is 144 Å². The molecule has 4 unspecified atom stereocenters. The van der Waals surface area contributed by atoms with Crippen LogP contribution in [0, 0.1) is 23.7 Å². The molecule has 23 heavy (non-hydrogen) atoms. The van der Waals surface area contributed by atoms with E-state index in [4.69, 9.17) is 9.47 Å². The normalized spacial score (nSPS) is 38.6. The lowest BCUT2D eigenvalue weighted by Gasteiger charge is -2.40. The van der Waals surface area contributed by atoms with Crippen LogP contribution in [0.25, 0.3) is 0 Å². The average molecular weight is 325 g/mol. The second-order valence-electron chi connectivity index (χ2n) is 8.25. The highest BCUT2D eigenvalue weighted by Gasteiger charge is 2.35. The van der Waals surface area contributed by atoms with E-state index < -0.39 is 0 Å². The van der Waals surface area contributed by atoms with Crippen molar-refractivity contribution in [3.63, 3.8) is 0 Å². The third-order valence-electron chi connectivity index (χ3n) is 6.48. The Morgan fingerprint density at radius 3 is 1.83 bits per heavy atom. The maximum atomic E-state index is 6.40. The molecule has 136 valence electrons. The van der Waals surface area contributed by atoms with Crippen LogP contribution in [-0.2, 0) is 9.47 Å². The van der Waals surface area contributed by atoms with Gasteiger partial charge in [0.15, 0.2) is 0 Å². The second-order valence-corrected chi connectivity index (χ2v) is 8.25. The van der Waals surface area contributed by atoms with Gasteiger partial charge in [-0.1, -0.05) is 53.4 Å². The number of rotatable bonds is 8. The van der Waals surface area contributed by atoms with Crippen molar-refractivity contribution < 1.29 is 9.47 Å². The quantitative estimate of drug-likeness (QED) is 0.558. The molecule has 4 atom stereocenters. The Hall–Kier alpha value is -0.0800. The van der Waals surface area contributed by atoms with Gasteiger partial charge in [-0.05, 0) is 55.8 Å². The maximum Gasteiger partial charge on any atom is 0.0605 e. The first-order valence-electron chi connectivity index (χ1n) is 10.4. The van der Waals surface area contributed by atoms with E-state index in [2.05, 4.69) is 27.7 Å². The van der Waals surface area contributed by atoms with E-state index in [0.29, 0.717) is 24.0 Å². The molecule has 0 amide bonds. The summed E-state index contributed by atoms with van der Waals surface area (Å²) < 4.78 is 12.4. The van der Waals surface area contributed by atoms with Crippen molar-refractivity contribution in [3.8, 4) is 0 Å². The lowest BCUT2D eigenvalue weighted by Crippen LogP contribution is -2.41. The van der Waals surface area contributed by atoms with Crippen molar-refractivity contribution in [2.45, 2.75) is 97.7 Å². The molecule has 2 aliphatic rings. The molecule has 0 radical (unpaired) electrons. The zero-order chi connectivity index (χ0) is 16.7. The van der Waals surface area contributed by atoms with Gasteiger partial charge in [-0.2, -0.15) is 0 Å². The molecule has 0 aromatic heterocycles. The molecule has 0 aliphatic heterocycles. The third kappa shape index (κ3) is 5.74. The van der Waals surface area contributed by atoms with Gasteiger partial charge in [-0.15, -0.1) is 0 Å². The van der Waals surface area contributed by atoms with Gasteiger partial charge in [0.05, 0.1) is 12.2 Å². The molecule has 2 fully saturated rings. The summed E-state index contributed by atoms with van der Waals surface area (Å²) in [6.45, 7) is 11.1. The van der Waals surface area contributed by atoms with Crippen molar-refractivity contribution in [1.82, 2.24) is 0 Å². The van der Waals surface area contributed by atoms with E-state index in [-0.39, 0.29) is 0 Å². The number of hydrogen-bond acceptors (Lipinski definition) is 2. The Bertz CT molecular complexity index is 309. The fourth-order valence-corrected chi connectivity index (χ4v) is 4.63. The smallest absolute Gasteiger partial charge is 0.0605 e. The molecule has 0 spiro atoms. The molecule has 2 heteroatoms. The van der Waals surface area contributed by atoms with Crippen molar-refractivity contribution in [3.05, 3.63) is 0 Å². The first-order valence-corrected chi connectivity index (χ1v) is 10.4. The fourth-order valence-electron chi connectivity index (χ4n) is 4.63. The summed E-state index contributed by atoms with van der Waals surface area (Å²) in [5.41, 5.74) is 0. The minimum atomic E-state index is 0.453. The van der Waals surface area contributed by atoms with Crippen LogP contribution in [0.4, 0.5) is 0 Å². The summed E-state index contributed by atoms with van der Waals surface area (Å²) in [6.07, 6.45) is 12.8. The largest absolute Gasteiger partial charge is 0.378 e. The summed E-state index contributed by atoms with van der Waals surface area (Å²) in [7, 11) is 0. The summed E-state index contributed by atoms with van der Waals surface area (Å²) in [5, 5.41) is 0. The van der Waals surface area contributed by atoms with Gasteiger partial charge in [0.25, 0.3) is 0 Å². The molecule has 0 N–H and O–H groups in total. The Kier molecular flexibility index (Phi) is 8.40. The molecular weight excluding hydrogens is 284 g/mol. The minimum Gasteiger partial charge on any atom is -0.378 e. The zero-order valence-electron chi connectivity index (χ0n) is 16.1. The molecule has 2 rings (SSSR count). The Morgan fingerprint density at radius 2 is 1.26 bits per heavy atom. The van der Waals surface area contributed by atoms with Crippen molar-refractivity contribution in [1.29, 1.82) is 0 Å². The van der Waals surface area contributed by atoms with Gasteiger partial charge in [-0.25, -0.2) is 0 Å². The third-order valence-corrected chi connectivity index (χ3v) is 6.48. The van der Waals surface area contributed by atoms with E-state index in [1.165, 1.54) is 51.4 Å². The highest BCUT2D eigenvalue weighted by Crippen LogP contribution is 2.36. The highest BCUT2D eigenvalue weighted by molar-refractivity contribution is 4.85. The van der Waals surface area contributed by atoms with E-state index >= 15 is 0 Å². The molecular formula is C21H40O2. The predicted molar refractivity (Wildman–Crippen MR) is 97.7 cm³/mol. The number of ether oxygens (including phenoxy) is 2. The summed E-state index contributed by atoms with van der Waals surface area (Å²) in [6, 6.07) is 0. The van der Waals surface area contributed by atoms with Gasteiger partial charge >= 0.3 is 0 Å². The van der Waals surface area contributed by atoms with Crippen molar-refractivity contribution in [2.75, 3.05) is 13.2 Å². The van der Waals surface area contributed by atoms with Crippen LogP contribution >= 0.6 is 0 Å². The van der Waals surface area contributed by atoms with Crippen molar-refractivity contribution in [2.24, 2.45) is 23.7 Å². The molecule has 2 aliphatic carbocycles. The minimum absolute atomic E-state index is 0.453. The van der Waals surface area contributed by atoms with E-state index in [1.807, 2.05) is 0 Å². The maximum absolute atomic E-state index is 6.40. The first-order chi connectivity index (χ1) is 11.2. The van der Waals surface area contributed by atoms with Crippen LogP contribution in [0.2, 0.25) is 0 Å². The zero-order valence-corrected chi connectivity index (χ0v) is 16.1. The average Bonchev–Trinajstić information content (AvgIpc) is 2.57. The van der Waals surface area contributed by atoms with Gasteiger partial charge < -0.3 is 9.47 Å². The van der Waals surface area contributed by atoms with E-state index in [1.54, 1.807) is 0 Å². The van der Waals surface area contributed by atoms with Crippen molar-refractivity contribution >= 4 is 0 Å². The molecule has 0 aromatic carbocycles. The fraction of sp³-hybridized carbons (Fsp3) is 1.00. The van der Waals surface area contributed by atoms with Gasteiger partial charge in [0.2, 0.25) is 0 Å². The standard InChI is InChI=1S/C21H40O2/c1-5-7-18-8-10-19(11-9-18)15-23-21-13-12-20(22-14-6-2)16(3)17(21)4/h16-21H,5-15H2,1-4H3. The van der Waals surface area contributed by atoms with Crippen LogP contribution in [0.3, 0.4) is 0 Å². The molecule has 2 saturated carbocycles. The molecule has 2 nitrogen and oxygen atoms in total. The van der Waals surface area contributed by atoms with E-state index in [0.717, 1.165) is 31.5 Å². The van der Waals surface area contributed by atoms with Gasteiger partial charge in [0.1, 0.15) is 0 Å². The predicted octanol–water partition coefficient (Wildman–Crippen LogP) is 5.84. The molecule has 0 aromatic rings. The monoisotopic (exact) mass is 324 g/mol. The summed E-state index contributed by atoms with van der Waals surface area (Å²) in [4.78, 5) is 0. The Balaban J connectivity index is 1.68. The van der Waals surface area contributed by atoms with Gasteiger partial charge in [-0.3, -0.25) is 0 Å². The Morgan fingerprint density at radius 1 is 0.696 bits per heavy atom. The second kappa shape index (κ2) is 10.0. The van der Waals surface area contributed by atoms with E-state index in [9.17, 15) is 0 Å². The van der Waals surface area contributed by atoms with Crippen LogP contribution in [0.5, 0.6) is 0 Å². The topological polar surface area (TPSA) is 18.5 Å². The SMILES string of the molecule is CCCOC1CCC(OCC2CCC(CCC)CC2)C(C)C1C. The number of hydrogen-bond donors (Lipinski definition) is 0. The van der Waals surface area contributed by atoms with Crippen LogP contribution in [0.15, 0.2) is 0 Å². The van der Waals surface area contributed by atoms with Crippen LogP contribution in [-0.4, -0.2) is 25.4 Å². The lowest BCUT2D eigenvalue weighted by atomic mass is 9.77. The summed E-state index contributed by atoms with van der Waals surface area (Å²) in [5.74, 6) is 3.07. The van der Waals surface area contributed by atoms with Gasteiger partial charge in [0, 0.05) is 13.2 Å². The highest BCUT2D eigenvalue weighted by atomic mass is 16.5. The molecule has 0 saturated heterocycles. The van der Waals surface area contributed by atoms with Crippen LogP contribution < -0.4 is 0 Å². The molecule has 0 heterocycles. The van der Waals surface area contributed by atoms with Crippen LogP contribution in [0.1, 0.15) is 85.5 Å². The molecule has 0 bridgehead atoms. The summed E-state index contributed by atoms with van der Waals surface area (Å²) >= 11 is 0. The lowest BCUT2D eigenvalue weighted by molar-refractivity contribution is -0.0988. The first kappa shape index (κ1) is 19.2.